The molecule has 0 unspecified atom stereocenters. The Morgan fingerprint density at radius 2 is 1.38 bits per heavy atom. The van der Waals surface area contributed by atoms with Crippen molar-refractivity contribution in [2.24, 2.45) is 0 Å². The van der Waals surface area contributed by atoms with Crippen LogP contribution in [0.2, 0.25) is 0 Å². The van der Waals surface area contributed by atoms with Crippen LogP contribution in [0.15, 0.2) is 78.9 Å². The molecule has 0 heterocycles. The molecule has 2 amide bonds. The predicted octanol–water partition coefficient (Wildman–Crippen LogP) is 4.64. The first-order valence-electron chi connectivity index (χ1n) is 12.5. The summed E-state index contributed by atoms with van der Waals surface area (Å²) >= 11 is 0. The van der Waals surface area contributed by atoms with Gasteiger partial charge in [-0.1, -0.05) is 67.6 Å². The minimum Gasteiger partial charge on any atom is -0.496 e. The number of hydrogen-bond acceptors (Lipinski definition) is 5. The maximum atomic E-state index is 13.7. The first kappa shape index (κ1) is 27.6. The fraction of sp³-hybridized carbons (Fsp3) is 0.333. The standard InChI is InChI=1S/C30H36N2O5/c1-5-22(2)31-30(34)28(16-23-12-8-6-9-13-23)32(20-24-14-10-7-11-15-24)29(33)21-37-27-18-25(35-3)17-26(19-27)36-4/h6-15,17-19,22,28H,5,16,20-21H2,1-4H3,(H,31,34)/t22-,28+/m1/s1. The molecule has 1 N–H and O–H groups in total. The molecular formula is C30H36N2O5. The van der Waals surface area contributed by atoms with Crippen molar-refractivity contribution in [1.82, 2.24) is 10.2 Å². The van der Waals surface area contributed by atoms with Gasteiger partial charge in [0, 0.05) is 37.2 Å². The zero-order valence-corrected chi connectivity index (χ0v) is 22.0. The van der Waals surface area contributed by atoms with E-state index in [1.54, 1.807) is 37.3 Å². The van der Waals surface area contributed by atoms with E-state index in [-0.39, 0.29) is 31.0 Å². The Kier molecular flexibility index (Phi) is 10.4. The second kappa shape index (κ2) is 13.9. The first-order valence-corrected chi connectivity index (χ1v) is 12.5. The molecule has 0 aliphatic carbocycles. The summed E-state index contributed by atoms with van der Waals surface area (Å²) in [5.74, 6) is 1.06. The molecule has 3 aromatic rings. The molecule has 0 aliphatic heterocycles. The molecule has 0 aliphatic rings. The number of rotatable bonds is 13. The Balaban J connectivity index is 1.90. The summed E-state index contributed by atoms with van der Waals surface area (Å²) in [5, 5.41) is 3.07. The number of hydrogen-bond donors (Lipinski definition) is 1. The second-order valence-corrected chi connectivity index (χ2v) is 8.87. The Bertz CT molecular complexity index is 1110. The van der Waals surface area contributed by atoms with E-state index in [0.717, 1.165) is 17.5 Å². The van der Waals surface area contributed by atoms with Crippen molar-refractivity contribution in [3.63, 3.8) is 0 Å². The van der Waals surface area contributed by atoms with Crippen LogP contribution in [0.3, 0.4) is 0 Å². The fourth-order valence-corrected chi connectivity index (χ4v) is 3.87. The molecule has 2 atom stereocenters. The van der Waals surface area contributed by atoms with Crippen LogP contribution in [0, 0.1) is 0 Å². The number of ether oxygens (including phenoxy) is 3. The van der Waals surface area contributed by atoms with Crippen LogP contribution in [0.1, 0.15) is 31.4 Å². The van der Waals surface area contributed by atoms with Gasteiger partial charge in [0.05, 0.1) is 14.2 Å². The quantitative estimate of drug-likeness (QED) is 0.367. The van der Waals surface area contributed by atoms with Crippen molar-refractivity contribution in [2.45, 2.75) is 45.3 Å². The topological polar surface area (TPSA) is 77.1 Å². The molecule has 3 rings (SSSR count). The van der Waals surface area contributed by atoms with E-state index < -0.39 is 6.04 Å². The molecule has 0 bridgehead atoms. The van der Waals surface area contributed by atoms with Gasteiger partial charge in [-0.05, 0) is 24.5 Å². The first-order chi connectivity index (χ1) is 17.9. The number of carbonyl (C=O) groups excluding carboxylic acids is 2. The number of nitrogens with zero attached hydrogens (tertiary/aromatic N) is 1. The lowest BCUT2D eigenvalue weighted by atomic mass is 10.0. The van der Waals surface area contributed by atoms with E-state index in [0.29, 0.717) is 23.7 Å². The number of amides is 2. The van der Waals surface area contributed by atoms with Crippen LogP contribution >= 0.6 is 0 Å². The number of nitrogens with one attached hydrogen (secondary N) is 1. The molecule has 0 saturated carbocycles. The minimum absolute atomic E-state index is 0.0139. The lowest BCUT2D eigenvalue weighted by Gasteiger charge is -2.32. The normalized spacial score (nSPS) is 12.2. The van der Waals surface area contributed by atoms with Crippen LogP contribution in [-0.2, 0) is 22.6 Å². The molecule has 0 fully saturated rings. The molecule has 7 nitrogen and oxygen atoms in total. The van der Waals surface area contributed by atoms with Gasteiger partial charge in [0.15, 0.2) is 6.61 Å². The van der Waals surface area contributed by atoms with E-state index in [2.05, 4.69) is 5.32 Å². The summed E-state index contributed by atoms with van der Waals surface area (Å²) in [4.78, 5) is 28.8. The summed E-state index contributed by atoms with van der Waals surface area (Å²) in [6.07, 6.45) is 1.17. The molecule has 0 aromatic heterocycles. The van der Waals surface area contributed by atoms with Gasteiger partial charge in [-0.2, -0.15) is 0 Å². The smallest absolute Gasteiger partial charge is 0.261 e. The molecule has 0 radical (unpaired) electrons. The average molecular weight is 505 g/mol. The third kappa shape index (κ3) is 8.27. The van der Waals surface area contributed by atoms with Crippen LogP contribution in [0.25, 0.3) is 0 Å². The lowest BCUT2D eigenvalue weighted by molar-refractivity contribution is -0.143. The van der Waals surface area contributed by atoms with Gasteiger partial charge in [0.25, 0.3) is 5.91 Å². The molecule has 196 valence electrons. The highest BCUT2D eigenvalue weighted by Crippen LogP contribution is 2.27. The summed E-state index contributed by atoms with van der Waals surface area (Å²) in [6, 6.07) is 23.8. The molecule has 0 saturated heterocycles. The summed E-state index contributed by atoms with van der Waals surface area (Å²) in [7, 11) is 3.10. The van der Waals surface area contributed by atoms with E-state index in [1.807, 2.05) is 74.5 Å². The van der Waals surface area contributed by atoms with Gasteiger partial charge in [-0.15, -0.1) is 0 Å². The van der Waals surface area contributed by atoms with E-state index in [4.69, 9.17) is 14.2 Å². The SMILES string of the molecule is CC[C@@H](C)NC(=O)[C@H](Cc1ccccc1)N(Cc1ccccc1)C(=O)COc1cc(OC)cc(OC)c1. The van der Waals surface area contributed by atoms with Crippen LogP contribution in [0.5, 0.6) is 17.2 Å². The maximum Gasteiger partial charge on any atom is 0.261 e. The minimum atomic E-state index is -0.715. The van der Waals surface area contributed by atoms with Crippen molar-refractivity contribution in [1.29, 1.82) is 0 Å². The monoisotopic (exact) mass is 504 g/mol. The third-order valence-corrected chi connectivity index (χ3v) is 6.16. The van der Waals surface area contributed by atoms with Gasteiger partial charge >= 0.3 is 0 Å². The highest BCUT2D eigenvalue weighted by Gasteiger charge is 2.31. The maximum absolute atomic E-state index is 13.7. The second-order valence-electron chi connectivity index (χ2n) is 8.87. The Hall–Kier alpha value is -4.00. The van der Waals surface area contributed by atoms with E-state index in [9.17, 15) is 9.59 Å². The number of carbonyl (C=O) groups is 2. The van der Waals surface area contributed by atoms with Crippen molar-refractivity contribution in [3.05, 3.63) is 90.0 Å². The van der Waals surface area contributed by atoms with Gasteiger partial charge < -0.3 is 24.4 Å². The number of methoxy groups -OCH3 is 2. The number of benzene rings is 3. The van der Waals surface area contributed by atoms with E-state index in [1.165, 1.54) is 0 Å². The molecule has 37 heavy (non-hydrogen) atoms. The highest BCUT2D eigenvalue weighted by molar-refractivity contribution is 5.88. The van der Waals surface area contributed by atoms with Crippen molar-refractivity contribution < 1.29 is 23.8 Å². The molecular weight excluding hydrogens is 468 g/mol. The lowest BCUT2D eigenvalue weighted by Crippen LogP contribution is -2.53. The van der Waals surface area contributed by atoms with Crippen molar-refractivity contribution in [2.75, 3.05) is 20.8 Å². The van der Waals surface area contributed by atoms with Crippen LogP contribution in [0.4, 0.5) is 0 Å². The van der Waals surface area contributed by atoms with E-state index >= 15 is 0 Å². The van der Waals surface area contributed by atoms with Gasteiger partial charge in [0.2, 0.25) is 5.91 Å². The van der Waals surface area contributed by atoms with Gasteiger partial charge in [-0.3, -0.25) is 9.59 Å². The Morgan fingerprint density at radius 1 is 0.838 bits per heavy atom. The Morgan fingerprint density at radius 3 is 1.92 bits per heavy atom. The van der Waals surface area contributed by atoms with Crippen LogP contribution < -0.4 is 19.5 Å². The molecule has 7 heteroatoms. The van der Waals surface area contributed by atoms with Crippen molar-refractivity contribution in [3.8, 4) is 17.2 Å². The molecule has 3 aromatic carbocycles. The summed E-state index contributed by atoms with van der Waals surface area (Å²) in [6.45, 7) is 4.00. The zero-order chi connectivity index (χ0) is 26.6. The predicted molar refractivity (Wildman–Crippen MR) is 144 cm³/mol. The zero-order valence-electron chi connectivity index (χ0n) is 22.0. The summed E-state index contributed by atoms with van der Waals surface area (Å²) < 4.78 is 16.5. The fourth-order valence-electron chi connectivity index (χ4n) is 3.87. The van der Waals surface area contributed by atoms with Crippen LogP contribution in [-0.4, -0.2) is 49.6 Å². The third-order valence-electron chi connectivity index (χ3n) is 6.16. The average Bonchev–Trinajstić information content (AvgIpc) is 2.94. The Labute approximate surface area is 219 Å². The van der Waals surface area contributed by atoms with Crippen molar-refractivity contribution >= 4 is 11.8 Å². The van der Waals surface area contributed by atoms with Gasteiger partial charge in [-0.25, -0.2) is 0 Å². The van der Waals surface area contributed by atoms with Gasteiger partial charge in [0.1, 0.15) is 23.3 Å². The summed E-state index contributed by atoms with van der Waals surface area (Å²) in [5.41, 5.74) is 1.89. The largest absolute Gasteiger partial charge is 0.496 e. The highest BCUT2D eigenvalue weighted by atomic mass is 16.5. The molecule has 0 spiro atoms.